The lowest BCUT2D eigenvalue weighted by Gasteiger charge is -2.30. The molecule has 12 nitrogen and oxygen atoms in total. The van der Waals surface area contributed by atoms with Gasteiger partial charge in [-0.25, -0.2) is 0 Å². The number of hydrogen-bond donors (Lipinski definition) is 1. The zero-order valence-corrected chi connectivity index (χ0v) is 27.3. The van der Waals surface area contributed by atoms with Crippen LogP contribution >= 0.6 is 0 Å². The highest BCUT2D eigenvalue weighted by atomic mass is 16.6. The quantitative estimate of drug-likeness (QED) is 0.282. The lowest BCUT2D eigenvalue weighted by atomic mass is 10.00. The summed E-state index contributed by atoms with van der Waals surface area (Å²) < 4.78 is 21.8. The van der Waals surface area contributed by atoms with E-state index in [-0.39, 0.29) is 50.0 Å². The Morgan fingerprint density at radius 3 is 2.39 bits per heavy atom. The highest BCUT2D eigenvalue weighted by Gasteiger charge is 2.33. The number of nitrogens with zero attached hydrogens (tertiary/aromatic N) is 3. The van der Waals surface area contributed by atoms with Crippen molar-refractivity contribution in [3.63, 3.8) is 0 Å². The zero-order valence-electron chi connectivity index (χ0n) is 27.3. The van der Waals surface area contributed by atoms with Crippen LogP contribution in [0.2, 0.25) is 0 Å². The first-order valence-electron chi connectivity index (χ1n) is 15.7. The Morgan fingerprint density at radius 1 is 1.04 bits per heavy atom. The molecule has 0 radical (unpaired) electrons. The third-order valence-electron chi connectivity index (χ3n) is 7.91. The Hall–Kier alpha value is -4.00. The molecule has 1 fully saturated rings. The van der Waals surface area contributed by atoms with Crippen LogP contribution in [0.15, 0.2) is 59.5 Å². The number of carbonyl (C=O) groups excluding carboxylic acids is 4. The summed E-state index contributed by atoms with van der Waals surface area (Å²) in [6.07, 6.45) is 5.15. The van der Waals surface area contributed by atoms with Gasteiger partial charge in [0.1, 0.15) is 18.2 Å². The van der Waals surface area contributed by atoms with Crippen molar-refractivity contribution in [2.24, 2.45) is 5.73 Å². The molecule has 2 aliphatic heterocycles. The van der Waals surface area contributed by atoms with Gasteiger partial charge in [0.15, 0.2) is 5.76 Å². The first kappa shape index (κ1) is 34.9. The Balaban J connectivity index is 1.38. The first-order chi connectivity index (χ1) is 21.9. The molecule has 250 valence electrons. The van der Waals surface area contributed by atoms with E-state index >= 15 is 0 Å². The molecule has 0 aromatic heterocycles. The third kappa shape index (κ3) is 10.3. The molecule has 4 rings (SSSR count). The minimum Gasteiger partial charge on any atom is -0.484 e. The smallest absolute Gasteiger partial charge is 0.320 e. The second-order valence-corrected chi connectivity index (χ2v) is 12.7. The van der Waals surface area contributed by atoms with E-state index in [0.717, 1.165) is 49.5 Å². The Labute approximate surface area is 270 Å². The summed E-state index contributed by atoms with van der Waals surface area (Å²) in [5.74, 6) is -1.28. The van der Waals surface area contributed by atoms with Gasteiger partial charge < -0.3 is 29.6 Å². The van der Waals surface area contributed by atoms with Gasteiger partial charge in [-0.3, -0.25) is 29.0 Å². The van der Waals surface area contributed by atoms with Gasteiger partial charge in [0, 0.05) is 57.5 Å². The molecule has 0 bridgehead atoms. The summed E-state index contributed by atoms with van der Waals surface area (Å²) in [5.41, 5.74) is 8.43. The Bertz CT molecular complexity index is 1360. The fourth-order valence-electron chi connectivity index (χ4n) is 5.53. The lowest BCUT2D eigenvalue weighted by molar-refractivity contribution is -0.156. The van der Waals surface area contributed by atoms with Gasteiger partial charge in [-0.2, -0.15) is 0 Å². The minimum absolute atomic E-state index is 0.0452. The number of fused-ring (bicyclic) bond motifs is 1. The van der Waals surface area contributed by atoms with E-state index in [1.165, 1.54) is 13.2 Å². The Morgan fingerprint density at radius 2 is 1.74 bits per heavy atom. The number of ether oxygens (including phenoxy) is 4. The van der Waals surface area contributed by atoms with Gasteiger partial charge in [0.05, 0.1) is 26.9 Å². The summed E-state index contributed by atoms with van der Waals surface area (Å²) in [4.78, 5) is 55.5. The average Bonchev–Trinajstić information content (AvgIpc) is 3.43. The molecule has 1 atom stereocenters. The average molecular weight is 639 g/mol. The number of hydrogen-bond acceptors (Lipinski definition) is 11. The van der Waals surface area contributed by atoms with E-state index in [2.05, 4.69) is 9.80 Å². The van der Waals surface area contributed by atoms with Gasteiger partial charge in [-0.05, 0) is 56.0 Å². The van der Waals surface area contributed by atoms with E-state index in [1.807, 2.05) is 45.0 Å². The van der Waals surface area contributed by atoms with Gasteiger partial charge in [-0.15, -0.1) is 0 Å². The summed E-state index contributed by atoms with van der Waals surface area (Å²) in [6.45, 7) is 11.5. The van der Waals surface area contributed by atoms with Crippen molar-refractivity contribution in [3.8, 4) is 0 Å². The van der Waals surface area contributed by atoms with Crippen LogP contribution in [0, 0.1) is 0 Å². The molecule has 2 N–H and O–H groups in total. The number of methoxy groups -OCH3 is 1. The van der Waals surface area contributed by atoms with Crippen LogP contribution in [0.1, 0.15) is 44.7 Å². The number of allylic oxidation sites excluding steroid dienone is 2. The minimum atomic E-state index is -0.731. The second-order valence-electron chi connectivity index (χ2n) is 12.7. The molecule has 1 aliphatic carbocycles. The highest BCUT2D eigenvalue weighted by molar-refractivity contribution is 6.05. The molecule has 1 aromatic carbocycles. The number of esters is 2. The molecule has 12 heteroatoms. The van der Waals surface area contributed by atoms with Crippen molar-refractivity contribution in [2.45, 2.75) is 58.4 Å². The highest BCUT2D eigenvalue weighted by Crippen LogP contribution is 2.32. The second kappa shape index (κ2) is 16.0. The van der Waals surface area contributed by atoms with E-state index in [1.54, 1.807) is 17.2 Å². The van der Waals surface area contributed by atoms with Crippen LogP contribution < -0.4 is 5.73 Å². The molecule has 1 aromatic rings. The van der Waals surface area contributed by atoms with Gasteiger partial charge in [-0.1, -0.05) is 24.3 Å². The van der Waals surface area contributed by atoms with Crippen molar-refractivity contribution in [1.29, 1.82) is 0 Å². The van der Waals surface area contributed by atoms with E-state index in [4.69, 9.17) is 24.7 Å². The molecule has 0 saturated carbocycles. The van der Waals surface area contributed by atoms with Crippen molar-refractivity contribution < 1.29 is 38.1 Å². The van der Waals surface area contributed by atoms with Crippen molar-refractivity contribution >= 4 is 23.6 Å². The van der Waals surface area contributed by atoms with Gasteiger partial charge >= 0.3 is 11.9 Å². The van der Waals surface area contributed by atoms with Crippen molar-refractivity contribution in [2.75, 3.05) is 59.6 Å². The van der Waals surface area contributed by atoms with Gasteiger partial charge in [0.2, 0.25) is 11.7 Å². The number of nitrogens with two attached hydrogens (primary N) is 1. The molecule has 1 amide bonds. The summed E-state index contributed by atoms with van der Waals surface area (Å²) in [6, 6.07) is 7.16. The topological polar surface area (TPSA) is 141 Å². The van der Waals surface area contributed by atoms with Crippen LogP contribution in [-0.2, 0) is 51.3 Å². The van der Waals surface area contributed by atoms with Crippen LogP contribution in [0.3, 0.4) is 0 Å². The van der Waals surface area contributed by atoms with Crippen LogP contribution in [0.4, 0.5) is 0 Å². The van der Waals surface area contributed by atoms with Gasteiger partial charge in [0.25, 0.3) is 0 Å². The molecular weight excluding hydrogens is 592 g/mol. The number of carbonyl (C=O) groups is 4. The molecule has 0 spiro atoms. The molecule has 1 unspecified atom stereocenters. The molecule has 3 aliphatic rings. The van der Waals surface area contributed by atoms with Crippen LogP contribution in [-0.4, -0.2) is 110 Å². The maximum atomic E-state index is 12.8. The summed E-state index contributed by atoms with van der Waals surface area (Å²) >= 11 is 0. The van der Waals surface area contributed by atoms with E-state index in [9.17, 15) is 19.2 Å². The predicted octanol–water partition coefficient (Wildman–Crippen LogP) is 2.08. The van der Waals surface area contributed by atoms with E-state index in [0.29, 0.717) is 18.7 Å². The number of morpholine rings is 1. The monoisotopic (exact) mass is 638 g/mol. The molecule has 2 heterocycles. The first-order valence-corrected chi connectivity index (χ1v) is 15.7. The standard InChI is InChI=1S/C34H46N4O8/c1-34(2,3)46-31(41)22-37(14-13-36-15-17-44-18-16-36)19-24-5-7-25(8-6-24)23-45-32-27-21-38(20-26(27)9-11-29(32)39)28(33(35)42)10-12-30(40)43-4/h5-9,11,20,28H,10,12-19,21-23H2,1-4H3,(H2,35,42). The number of benzene rings is 1. The van der Waals surface area contributed by atoms with Crippen LogP contribution in [0.25, 0.3) is 0 Å². The van der Waals surface area contributed by atoms with E-state index < -0.39 is 23.5 Å². The largest absolute Gasteiger partial charge is 0.484 e. The van der Waals surface area contributed by atoms with Crippen molar-refractivity contribution in [3.05, 3.63) is 70.6 Å². The fraction of sp³-hybridized carbons (Fsp3) is 0.529. The normalized spacial score (nSPS) is 17.5. The SMILES string of the molecule is COC(=O)CCC(C(N)=O)N1C=C2C=CC(=O)C(OCc3ccc(CN(CCN4CCOCC4)CC(=O)OC(C)(C)C)cc3)=C2C1. The fourth-order valence-corrected chi connectivity index (χ4v) is 5.53. The van der Waals surface area contributed by atoms with Crippen molar-refractivity contribution in [1.82, 2.24) is 14.7 Å². The number of amides is 1. The zero-order chi connectivity index (χ0) is 33.3. The molecular formula is C34H46N4O8. The predicted molar refractivity (Wildman–Crippen MR) is 170 cm³/mol. The summed E-state index contributed by atoms with van der Waals surface area (Å²) in [5, 5.41) is 0. The Kier molecular flexibility index (Phi) is 12.1. The maximum absolute atomic E-state index is 12.8. The molecule has 46 heavy (non-hydrogen) atoms. The summed E-state index contributed by atoms with van der Waals surface area (Å²) in [7, 11) is 1.29. The number of primary amides is 1. The maximum Gasteiger partial charge on any atom is 0.320 e. The molecule has 1 saturated heterocycles. The number of rotatable bonds is 15. The van der Waals surface area contributed by atoms with Crippen LogP contribution in [0.5, 0.6) is 0 Å². The lowest BCUT2D eigenvalue weighted by Crippen LogP contribution is -2.43. The third-order valence-corrected chi connectivity index (χ3v) is 7.91. The number of ketones is 1.